The molecule has 152 valence electrons. The van der Waals surface area contributed by atoms with E-state index in [2.05, 4.69) is 32.6 Å². The molecule has 3 rings (SSSR count). The van der Waals surface area contributed by atoms with Crippen LogP contribution in [0.1, 0.15) is 64.0 Å². The molecule has 0 bridgehead atoms. The van der Waals surface area contributed by atoms with Gasteiger partial charge in [-0.15, -0.1) is 0 Å². The Bertz CT molecular complexity index is 1140. The first-order valence-corrected chi connectivity index (χ1v) is 10.2. The SMILES string of the molecule is CCCCCCC(C)(C)c1cc(O)c2c(c1)oc(=O)c1ccc(C#CCO)cc12. The maximum atomic E-state index is 12.5. The highest BCUT2D eigenvalue weighted by molar-refractivity contribution is 6.08. The second-order valence-electron chi connectivity index (χ2n) is 8.17. The van der Waals surface area contributed by atoms with E-state index in [0.717, 1.165) is 18.4 Å². The molecule has 0 radical (unpaired) electrons. The summed E-state index contributed by atoms with van der Waals surface area (Å²) in [5.74, 6) is 5.55. The number of aliphatic hydroxyl groups is 1. The minimum Gasteiger partial charge on any atom is -0.507 e. The van der Waals surface area contributed by atoms with E-state index in [1.165, 1.54) is 19.3 Å². The van der Waals surface area contributed by atoms with Gasteiger partial charge >= 0.3 is 5.63 Å². The molecule has 0 aliphatic rings. The molecule has 1 heterocycles. The summed E-state index contributed by atoms with van der Waals surface area (Å²) in [7, 11) is 0. The average Bonchev–Trinajstić information content (AvgIpc) is 2.69. The van der Waals surface area contributed by atoms with Crippen LogP contribution < -0.4 is 5.63 Å². The lowest BCUT2D eigenvalue weighted by Crippen LogP contribution is -2.17. The van der Waals surface area contributed by atoms with Crippen molar-refractivity contribution in [3.8, 4) is 17.6 Å². The lowest BCUT2D eigenvalue weighted by atomic mass is 9.79. The maximum Gasteiger partial charge on any atom is 0.344 e. The summed E-state index contributed by atoms with van der Waals surface area (Å²) >= 11 is 0. The second kappa shape index (κ2) is 8.71. The van der Waals surface area contributed by atoms with E-state index >= 15 is 0 Å². The monoisotopic (exact) mass is 392 g/mol. The van der Waals surface area contributed by atoms with Crippen molar-refractivity contribution < 1.29 is 14.6 Å². The average molecular weight is 392 g/mol. The molecule has 3 aromatic rings. The Hall–Kier alpha value is -2.77. The van der Waals surface area contributed by atoms with Gasteiger partial charge in [0.15, 0.2) is 0 Å². The van der Waals surface area contributed by atoms with Crippen LogP contribution in [0.15, 0.2) is 39.5 Å². The van der Waals surface area contributed by atoms with Gasteiger partial charge in [0.1, 0.15) is 17.9 Å². The Labute approximate surface area is 171 Å². The summed E-state index contributed by atoms with van der Waals surface area (Å²) in [6.45, 7) is 6.26. The molecule has 0 fully saturated rings. The van der Waals surface area contributed by atoms with Crippen LogP contribution in [0.5, 0.6) is 5.75 Å². The number of phenolic OH excluding ortho intramolecular Hbond substituents is 1. The Balaban J connectivity index is 2.12. The standard InChI is InChI=1S/C25H28O4/c1-4-5-6-7-12-25(2,3)18-15-21(27)23-20-14-17(9-8-13-26)10-11-19(20)24(28)29-22(23)16-18/h10-11,14-16,26-27H,4-7,12-13H2,1-3H3. The minimum absolute atomic E-state index is 0.0974. The number of benzene rings is 2. The summed E-state index contributed by atoms with van der Waals surface area (Å²) in [5.41, 5.74) is 1.43. The maximum absolute atomic E-state index is 12.5. The molecule has 2 N–H and O–H groups in total. The van der Waals surface area contributed by atoms with Crippen molar-refractivity contribution in [1.82, 2.24) is 0 Å². The Kier molecular flexibility index (Phi) is 6.30. The summed E-state index contributed by atoms with van der Waals surface area (Å²) < 4.78 is 5.56. The lowest BCUT2D eigenvalue weighted by molar-refractivity contribution is 0.350. The summed E-state index contributed by atoms with van der Waals surface area (Å²) in [6, 6.07) is 8.77. The van der Waals surface area contributed by atoms with Crippen LogP contribution in [0.25, 0.3) is 21.7 Å². The van der Waals surface area contributed by atoms with E-state index in [4.69, 9.17) is 9.52 Å². The van der Waals surface area contributed by atoms with Crippen LogP contribution in [0.3, 0.4) is 0 Å². The highest BCUT2D eigenvalue weighted by atomic mass is 16.4. The van der Waals surface area contributed by atoms with Crippen LogP contribution in [0.2, 0.25) is 0 Å². The van der Waals surface area contributed by atoms with Gasteiger partial charge in [-0.3, -0.25) is 0 Å². The van der Waals surface area contributed by atoms with Gasteiger partial charge in [0, 0.05) is 10.9 Å². The van der Waals surface area contributed by atoms with Crippen molar-refractivity contribution in [2.75, 3.05) is 6.61 Å². The molecule has 0 saturated carbocycles. The third-order valence-electron chi connectivity index (χ3n) is 5.54. The highest BCUT2D eigenvalue weighted by Gasteiger charge is 2.23. The number of hydrogen-bond acceptors (Lipinski definition) is 4. The molecule has 2 aromatic carbocycles. The van der Waals surface area contributed by atoms with Crippen LogP contribution in [-0.2, 0) is 5.41 Å². The molecule has 0 saturated heterocycles. The number of fused-ring (bicyclic) bond motifs is 3. The van der Waals surface area contributed by atoms with Gasteiger partial charge in [-0.1, -0.05) is 58.3 Å². The van der Waals surface area contributed by atoms with Gasteiger partial charge in [0.25, 0.3) is 0 Å². The first-order chi connectivity index (χ1) is 13.9. The molecule has 0 atom stereocenters. The molecule has 0 aliphatic carbocycles. The number of hydrogen-bond donors (Lipinski definition) is 2. The fraction of sp³-hybridized carbons (Fsp3) is 0.400. The molecule has 0 unspecified atom stereocenters. The van der Waals surface area contributed by atoms with Crippen molar-refractivity contribution in [2.24, 2.45) is 0 Å². The van der Waals surface area contributed by atoms with Crippen molar-refractivity contribution in [3.05, 3.63) is 51.9 Å². The molecular formula is C25H28O4. The quantitative estimate of drug-likeness (QED) is 0.260. The Morgan fingerprint density at radius 2 is 1.86 bits per heavy atom. The van der Waals surface area contributed by atoms with Crippen molar-refractivity contribution in [1.29, 1.82) is 0 Å². The zero-order valence-corrected chi connectivity index (χ0v) is 17.3. The topological polar surface area (TPSA) is 70.7 Å². The minimum atomic E-state index is -0.438. The summed E-state index contributed by atoms with van der Waals surface area (Å²) in [6.07, 6.45) is 5.73. The van der Waals surface area contributed by atoms with E-state index in [0.29, 0.717) is 27.3 Å². The van der Waals surface area contributed by atoms with Crippen LogP contribution in [0.4, 0.5) is 0 Å². The van der Waals surface area contributed by atoms with E-state index in [1.54, 1.807) is 24.3 Å². The molecular weight excluding hydrogens is 364 g/mol. The second-order valence-corrected chi connectivity index (χ2v) is 8.17. The predicted molar refractivity (Wildman–Crippen MR) is 117 cm³/mol. The fourth-order valence-electron chi connectivity index (χ4n) is 3.78. The largest absolute Gasteiger partial charge is 0.507 e. The molecule has 29 heavy (non-hydrogen) atoms. The fourth-order valence-corrected chi connectivity index (χ4v) is 3.78. The van der Waals surface area contributed by atoms with Gasteiger partial charge in [-0.2, -0.15) is 0 Å². The van der Waals surface area contributed by atoms with Crippen molar-refractivity contribution in [2.45, 2.75) is 58.3 Å². The normalized spacial score (nSPS) is 11.6. The third kappa shape index (κ3) is 4.46. The first kappa shape index (κ1) is 21.0. The molecule has 0 spiro atoms. The number of unbranched alkanes of at least 4 members (excludes halogenated alkanes) is 3. The summed E-state index contributed by atoms with van der Waals surface area (Å²) in [5, 5.41) is 21.3. The Morgan fingerprint density at radius 1 is 1.07 bits per heavy atom. The van der Waals surface area contributed by atoms with E-state index < -0.39 is 5.63 Å². The van der Waals surface area contributed by atoms with Crippen LogP contribution in [-0.4, -0.2) is 16.8 Å². The van der Waals surface area contributed by atoms with Gasteiger partial charge in [0.2, 0.25) is 0 Å². The molecule has 4 heteroatoms. The van der Waals surface area contributed by atoms with Gasteiger partial charge in [-0.05, 0) is 47.7 Å². The molecule has 0 aliphatic heterocycles. The smallest absolute Gasteiger partial charge is 0.344 e. The van der Waals surface area contributed by atoms with Gasteiger partial charge in [-0.25, -0.2) is 4.79 Å². The highest BCUT2D eigenvalue weighted by Crippen LogP contribution is 2.38. The van der Waals surface area contributed by atoms with Crippen LogP contribution in [0, 0.1) is 11.8 Å². The van der Waals surface area contributed by atoms with E-state index in [-0.39, 0.29) is 17.8 Å². The summed E-state index contributed by atoms with van der Waals surface area (Å²) in [4.78, 5) is 12.5. The number of aliphatic hydroxyl groups excluding tert-OH is 1. The van der Waals surface area contributed by atoms with E-state index in [9.17, 15) is 9.90 Å². The van der Waals surface area contributed by atoms with Crippen molar-refractivity contribution in [3.63, 3.8) is 0 Å². The molecule has 0 amide bonds. The zero-order chi connectivity index (χ0) is 21.0. The predicted octanol–water partition coefficient (Wildman–Crippen LogP) is 5.24. The zero-order valence-electron chi connectivity index (χ0n) is 17.3. The lowest BCUT2D eigenvalue weighted by Gasteiger charge is -2.26. The first-order valence-electron chi connectivity index (χ1n) is 10.2. The van der Waals surface area contributed by atoms with Gasteiger partial charge < -0.3 is 14.6 Å². The van der Waals surface area contributed by atoms with Gasteiger partial charge in [0.05, 0.1) is 10.8 Å². The van der Waals surface area contributed by atoms with Crippen molar-refractivity contribution >= 4 is 21.7 Å². The number of phenols is 1. The number of rotatable bonds is 6. The van der Waals surface area contributed by atoms with E-state index in [1.807, 2.05) is 6.07 Å². The number of aromatic hydroxyl groups is 1. The third-order valence-corrected chi connectivity index (χ3v) is 5.54. The molecule has 1 aromatic heterocycles. The van der Waals surface area contributed by atoms with Crippen LogP contribution >= 0.6 is 0 Å². The molecule has 4 nitrogen and oxygen atoms in total. The Morgan fingerprint density at radius 3 is 2.59 bits per heavy atom.